The fourth-order valence-electron chi connectivity index (χ4n) is 2.55. The van der Waals surface area contributed by atoms with Crippen molar-refractivity contribution in [1.29, 1.82) is 0 Å². The highest BCUT2D eigenvalue weighted by Crippen LogP contribution is 2.28. The van der Waals surface area contributed by atoms with E-state index in [1.54, 1.807) is 24.3 Å². The molecule has 0 fully saturated rings. The van der Waals surface area contributed by atoms with Crippen molar-refractivity contribution in [2.45, 2.75) is 25.9 Å². The average molecular weight is 389 g/mol. The zero-order valence-electron chi connectivity index (χ0n) is 15.9. The van der Waals surface area contributed by atoms with Crippen LogP contribution < -0.4 is 14.8 Å². The molecule has 2 rings (SSSR count). The third-order valence-electron chi connectivity index (χ3n) is 4.10. The first kappa shape index (κ1) is 21.4. The second kappa shape index (κ2) is 10.4. The van der Waals surface area contributed by atoms with Gasteiger partial charge in [-0.3, -0.25) is 9.59 Å². The van der Waals surface area contributed by atoms with E-state index in [0.29, 0.717) is 29.0 Å². The summed E-state index contributed by atoms with van der Waals surface area (Å²) >= 11 is 0. The van der Waals surface area contributed by atoms with Crippen LogP contribution in [0.1, 0.15) is 41.8 Å². The number of carbonyl (C=O) groups excluding carboxylic acids is 2. The Balaban J connectivity index is 1.73. The van der Waals surface area contributed by atoms with Gasteiger partial charge in [0.05, 0.1) is 19.8 Å². The van der Waals surface area contributed by atoms with Crippen molar-refractivity contribution in [3.8, 4) is 11.5 Å². The summed E-state index contributed by atoms with van der Waals surface area (Å²) in [5.41, 5.74) is 0.935. The van der Waals surface area contributed by atoms with E-state index in [9.17, 15) is 19.1 Å². The largest absolute Gasteiger partial charge is 0.493 e. The number of carbonyl (C=O) groups is 2. The van der Waals surface area contributed by atoms with Crippen LogP contribution in [-0.2, 0) is 4.79 Å². The van der Waals surface area contributed by atoms with Crippen molar-refractivity contribution in [3.05, 3.63) is 59.4 Å². The SMILES string of the molecule is COc1cc(C(C)=O)ccc1OCCCC(=O)NCC(O)c1cccc(F)c1. The zero-order valence-corrected chi connectivity index (χ0v) is 15.9. The molecule has 0 saturated carbocycles. The molecule has 2 aromatic carbocycles. The molecule has 1 amide bonds. The fraction of sp³-hybridized carbons (Fsp3) is 0.333. The molecule has 28 heavy (non-hydrogen) atoms. The Labute approximate surface area is 163 Å². The van der Waals surface area contributed by atoms with E-state index in [4.69, 9.17) is 9.47 Å². The molecule has 0 aliphatic carbocycles. The van der Waals surface area contributed by atoms with Crippen molar-refractivity contribution in [1.82, 2.24) is 5.32 Å². The summed E-state index contributed by atoms with van der Waals surface area (Å²) in [6.45, 7) is 1.76. The summed E-state index contributed by atoms with van der Waals surface area (Å²) in [7, 11) is 1.49. The third-order valence-corrected chi connectivity index (χ3v) is 4.10. The molecular weight excluding hydrogens is 365 g/mol. The normalized spacial score (nSPS) is 11.6. The molecule has 0 aliphatic rings. The van der Waals surface area contributed by atoms with Crippen molar-refractivity contribution < 1.29 is 28.6 Å². The van der Waals surface area contributed by atoms with Gasteiger partial charge in [0.2, 0.25) is 5.91 Å². The maximum absolute atomic E-state index is 13.1. The van der Waals surface area contributed by atoms with Crippen LogP contribution in [0.5, 0.6) is 11.5 Å². The van der Waals surface area contributed by atoms with Gasteiger partial charge in [0.15, 0.2) is 17.3 Å². The highest BCUT2D eigenvalue weighted by Gasteiger charge is 2.11. The number of halogens is 1. The molecule has 2 aromatic rings. The third kappa shape index (κ3) is 6.35. The second-order valence-electron chi connectivity index (χ2n) is 6.25. The summed E-state index contributed by atoms with van der Waals surface area (Å²) in [5, 5.41) is 12.6. The first-order chi connectivity index (χ1) is 13.4. The molecule has 6 nitrogen and oxygen atoms in total. The highest BCUT2D eigenvalue weighted by molar-refractivity contribution is 5.94. The first-order valence-corrected chi connectivity index (χ1v) is 8.92. The van der Waals surface area contributed by atoms with Crippen LogP contribution in [0.4, 0.5) is 4.39 Å². The minimum Gasteiger partial charge on any atom is -0.493 e. The molecule has 0 saturated heterocycles. The van der Waals surface area contributed by atoms with Crippen LogP contribution in [0.3, 0.4) is 0 Å². The van der Waals surface area contributed by atoms with Crippen LogP contribution in [0.2, 0.25) is 0 Å². The van der Waals surface area contributed by atoms with Gasteiger partial charge in [0.25, 0.3) is 0 Å². The van der Waals surface area contributed by atoms with E-state index in [2.05, 4.69) is 5.32 Å². The number of aliphatic hydroxyl groups excluding tert-OH is 1. The Morgan fingerprint density at radius 3 is 2.64 bits per heavy atom. The lowest BCUT2D eigenvalue weighted by molar-refractivity contribution is -0.121. The van der Waals surface area contributed by atoms with E-state index in [-0.39, 0.29) is 31.3 Å². The summed E-state index contributed by atoms with van der Waals surface area (Å²) in [6, 6.07) is 10.5. The number of Topliss-reactive ketones (excluding diaryl/α,β-unsaturated/α-hetero) is 1. The Bertz CT molecular complexity index is 824. The van der Waals surface area contributed by atoms with Crippen LogP contribution in [-0.4, -0.2) is 37.1 Å². The van der Waals surface area contributed by atoms with Crippen LogP contribution >= 0.6 is 0 Å². The average Bonchev–Trinajstić information content (AvgIpc) is 2.69. The molecule has 0 bridgehead atoms. The molecule has 7 heteroatoms. The number of methoxy groups -OCH3 is 1. The number of ether oxygens (including phenoxy) is 2. The van der Waals surface area contributed by atoms with Gasteiger partial charge < -0.3 is 19.9 Å². The Hall–Kier alpha value is -2.93. The smallest absolute Gasteiger partial charge is 0.220 e. The lowest BCUT2D eigenvalue weighted by Crippen LogP contribution is -2.28. The zero-order chi connectivity index (χ0) is 20.5. The molecule has 1 atom stereocenters. The Morgan fingerprint density at radius 2 is 1.96 bits per heavy atom. The van der Waals surface area contributed by atoms with Gasteiger partial charge in [0.1, 0.15) is 5.82 Å². The maximum Gasteiger partial charge on any atom is 0.220 e. The topological polar surface area (TPSA) is 84.9 Å². The lowest BCUT2D eigenvalue weighted by Gasteiger charge is -2.13. The number of nitrogens with one attached hydrogen (secondary N) is 1. The molecule has 0 heterocycles. The number of aliphatic hydroxyl groups is 1. The minimum atomic E-state index is -0.972. The first-order valence-electron chi connectivity index (χ1n) is 8.92. The quantitative estimate of drug-likeness (QED) is 0.482. The van der Waals surface area contributed by atoms with E-state index in [1.807, 2.05) is 0 Å². The van der Waals surface area contributed by atoms with E-state index in [1.165, 1.54) is 32.2 Å². The van der Waals surface area contributed by atoms with Crippen molar-refractivity contribution in [3.63, 3.8) is 0 Å². The summed E-state index contributed by atoms with van der Waals surface area (Å²) < 4.78 is 24.0. The predicted molar refractivity (Wildman–Crippen MR) is 102 cm³/mol. The molecule has 0 aromatic heterocycles. The van der Waals surface area contributed by atoms with Crippen molar-refractivity contribution >= 4 is 11.7 Å². The fourth-order valence-corrected chi connectivity index (χ4v) is 2.55. The van der Waals surface area contributed by atoms with Gasteiger partial charge in [0, 0.05) is 18.5 Å². The highest BCUT2D eigenvalue weighted by atomic mass is 19.1. The number of hydrogen-bond acceptors (Lipinski definition) is 5. The van der Waals surface area contributed by atoms with Crippen molar-refractivity contribution in [2.75, 3.05) is 20.3 Å². The predicted octanol–water partition coefficient (Wildman–Crippen LogP) is 3.05. The van der Waals surface area contributed by atoms with Gasteiger partial charge in [-0.25, -0.2) is 4.39 Å². The van der Waals surface area contributed by atoms with Gasteiger partial charge in [-0.2, -0.15) is 0 Å². The standard InChI is InChI=1S/C21H24FNO5/c1-14(24)15-8-9-19(20(12-15)27-2)28-10-4-7-21(26)23-13-18(25)16-5-3-6-17(22)11-16/h3,5-6,8-9,11-12,18,25H,4,7,10,13H2,1-2H3,(H,23,26). The number of hydrogen-bond donors (Lipinski definition) is 2. The van der Waals surface area contributed by atoms with Crippen LogP contribution in [0.15, 0.2) is 42.5 Å². The molecule has 1 unspecified atom stereocenters. The Kier molecular flexibility index (Phi) is 7.95. The maximum atomic E-state index is 13.1. The summed E-state index contributed by atoms with van der Waals surface area (Å²) in [4.78, 5) is 23.3. The van der Waals surface area contributed by atoms with Crippen LogP contribution in [0.25, 0.3) is 0 Å². The van der Waals surface area contributed by atoms with Gasteiger partial charge in [-0.1, -0.05) is 12.1 Å². The Morgan fingerprint density at radius 1 is 1.18 bits per heavy atom. The van der Waals surface area contributed by atoms with E-state index < -0.39 is 11.9 Å². The van der Waals surface area contributed by atoms with E-state index >= 15 is 0 Å². The lowest BCUT2D eigenvalue weighted by atomic mass is 10.1. The van der Waals surface area contributed by atoms with Gasteiger partial charge in [-0.05, 0) is 49.2 Å². The van der Waals surface area contributed by atoms with Gasteiger partial charge >= 0.3 is 0 Å². The molecule has 0 aliphatic heterocycles. The number of ketones is 1. The van der Waals surface area contributed by atoms with Gasteiger partial charge in [-0.15, -0.1) is 0 Å². The number of amides is 1. The molecule has 2 N–H and O–H groups in total. The number of rotatable bonds is 10. The summed E-state index contributed by atoms with van der Waals surface area (Å²) in [5.74, 6) is 0.205. The molecular formula is C21H24FNO5. The van der Waals surface area contributed by atoms with E-state index in [0.717, 1.165) is 0 Å². The molecule has 150 valence electrons. The second-order valence-corrected chi connectivity index (χ2v) is 6.25. The van der Waals surface area contributed by atoms with Crippen molar-refractivity contribution in [2.24, 2.45) is 0 Å². The minimum absolute atomic E-state index is 0.00345. The number of benzene rings is 2. The summed E-state index contributed by atoms with van der Waals surface area (Å²) in [6.07, 6.45) is -0.302. The monoisotopic (exact) mass is 389 g/mol. The van der Waals surface area contributed by atoms with Crippen LogP contribution in [0, 0.1) is 5.82 Å². The molecule has 0 spiro atoms. The molecule has 0 radical (unpaired) electrons.